The highest BCUT2D eigenvalue weighted by molar-refractivity contribution is 6.34. The number of amides is 1. The number of nitrogens with one attached hydrogen (secondary N) is 2. The lowest BCUT2D eigenvalue weighted by molar-refractivity contribution is -0.117. The quantitative estimate of drug-likeness (QED) is 0.847. The van der Waals surface area contributed by atoms with E-state index in [2.05, 4.69) is 15.5 Å². The molecular formula is C13H16ClN3O. The van der Waals surface area contributed by atoms with Crippen LogP contribution in [0.3, 0.4) is 0 Å². The molecule has 0 bridgehead atoms. The lowest BCUT2D eigenvalue weighted by atomic mass is 10.00. The Kier molecular flexibility index (Phi) is 3.24. The second-order valence-electron chi connectivity index (χ2n) is 4.80. The Morgan fingerprint density at radius 2 is 2.11 bits per heavy atom. The topological polar surface area (TPSA) is 44.4 Å². The van der Waals surface area contributed by atoms with E-state index in [0.29, 0.717) is 5.02 Å². The van der Waals surface area contributed by atoms with Gasteiger partial charge in [-0.3, -0.25) is 9.69 Å². The molecule has 4 nitrogen and oxygen atoms in total. The minimum atomic E-state index is -0.0863. The largest absolute Gasteiger partial charge is 0.324 e. The highest BCUT2D eigenvalue weighted by Gasteiger charge is 2.33. The fourth-order valence-electron chi connectivity index (χ4n) is 2.65. The summed E-state index contributed by atoms with van der Waals surface area (Å²) in [6.07, 6.45) is 0. The van der Waals surface area contributed by atoms with Gasteiger partial charge in [-0.05, 0) is 11.6 Å². The Labute approximate surface area is 111 Å². The van der Waals surface area contributed by atoms with E-state index in [1.165, 1.54) is 0 Å². The summed E-state index contributed by atoms with van der Waals surface area (Å²) in [7, 11) is 0. The van der Waals surface area contributed by atoms with Crippen LogP contribution in [0.1, 0.15) is 11.5 Å². The number of rotatable bonds is 2. The molecule has 0 aliphatic carbocycles. The molecule has 2 aliphatic rings. The Hall–Kier alpha value is -1.10. The zero-order valence-electron chi connectivity index (χ0n) is 10.1. The number of anilines is 1. The highest BCUT2D eigenvalue weighted by Crippen LogP contribution is 2.37. The number of hydrogen-bond donors (Lipinski definition) is 2. The molecule has 0 aromatic heterocycles. The molecule has 0 saturated carbocycles. The molecule has 2 heterocycles. The average Bonchev–Trinajstić information content (AvgIpc) is 2.70. The smallest absolute Gasteiger partial charge is 0.233 e. The van der Waals surface area contributed by atoms with Crippen molar-refractivity contribution in [2.24, 2.45) is 0 Å². The van der Waals surface area contributed by atoms with Crippen LogP contribution < -0.4 is 10.6 Å². The van der Waals surface area contributed by atoms with Gasteiger partial charge in [-0.25, -0.2) is 0 Å². The Balaban J connectivity index is 1.81. The zero-order chi connectivity index (χ0) is 12.5. The van der Waals surface area contributed by atoms with Crippen molar-refractivity contribution in [2.75, 3.05) is 38.0 Å². The molecule has 96 valence electrons. The van der Waals surface area contributed by atoms with Crippen molar-refractivity contribution in [3.05, 3.63) is 28.8 Å². The van der Waals surface area contributed by atoms with Gasteiger partial charge in [0.25, 0.3) is 0 Å². The predicted molar refractivity (Wildman–Crippen MR) is 72.1 cm³/mol. The summed E-state index contributed by atoms with van der Waals surface area (Å²) in [5.41, 5.74) is 1.83. The van der Waals surface area contributed by atoms with Gasteiger partial charge < -0.3 is 10.6 Å². The van der Waals surface area contributed by atoms with Gasteiger partial charge in [0.05, 0.1) is 16.6 Å². The van der Waals surface area contributed by atoms with E-state index in [4.69, 9.17) is 11.6 Å². The van der Waals surface area contributed by atoms with Crippen molar-refractivity contribution in [2.45, 2.75) is 5.92 Å². The molecule has 1 unspecified atom stereocenters. The number of piperazine rings is 1. The lowest BCUT2D eigenvalue weighted by Crippen LogP contribution is -2.45. The molecule has 0 spiro atoms. The number of hydrogen-bond acceptors (Lipinski definition) is 3. The van der Waals surface area contributed by atoms with Gasteiger partial charge in [-0.2, -0.15) is 0 Å². The second-order valence-corrected chi connectivity index (χ2v) is 5.20. The molecule has 1 fully saturated rings. The molecule has 1 amide bonds. The summed E-state index contributed by atoms with van der Waals surface area (Å²) in [5.74, 6) is -0.0200. The molecule has 3 rings (SSSR count). The van der Waals surface area contributed by atoms with Gasteiger partial charge in [-0.1, -0.05) is 23.7 Å². The van der Waals surface area contributed by atoms with Gasteiger partial charge in [0, 0.05) is 32.7 Å². The summed E-state index contributed by atoms with van der Waals surface area (Å²) in [6, 6.07) is 5.71. The molecule has 2 aliphatic heterocycles. The minimum Gasteiger partial charge on any atom is -0.324 e. The first kappa shape index (κ1) is 12.0. The molecule has 1 atom stereocenters. The lowest BCUT2D eigenvalue weighted by Gasteiger charge is -2.28. The number of nitrogens with zero attached hydrogens (tertiary/aromatic N) is 1. The van der Waals surface area contributed by atoms with Crippen molar-refractivity contribution in [1.82, 2.24) is 10.2 Å². The summed E-state index contributed by atoms with van der Waals surface area (Å²) in [6.45, 7) is 4.77. The Morgan fingerprint density at radius 3 is 2.89 bits per heavy atom. The van der Waals surface area contributed by atoms with Crippen LogP contribution in [-0.2, 0) is 4.79 Å². The van der Waals surface area contributed by atoms with E-state index in [9.17, 15) is 4.79 Å². The third-order valence-corrected chi connectivity index (χ3v) is 3.95. The number of carbonyl (C=O) groups is 1. The zero-order valence-corrected chi connectivity index (χ0v) is 10.8. The SMILES string of the molecule is O=C1Nc2c(Cl)cccc2C1CN1CCNCC1. The number of para-hydroxylation sites is 1. The first-order valence-corrected chi connectivity index (χ1v) is 6.66. The van der Waals surface area contributed by atoms with Crippen LogP contribution in [0, 0.1) is 0 Å². The van der Waals surface area contributed by atoms with Crippen molar-refractivity contribution < 1.29 is 4.79 Å². The average molecular weight is 266 g/mol. The maximum absolute atomic E-state index is 12.0. The number of fused-ring (bicyclic) bond motifs is 1. The van der Waals surface area contributed by atoms with Gasteiger partial charge in [0.1, 0.15) is 0 Å². The maximum atomic E-state index is 12.0. The van der Waals surface area contributed by atoms with Crippen LogP contribution in [0.2, 0.25) is 5.02 Å². The maximum Gasteiger partial charge on any atom is 0.233 e. The van der Waals surface area contributed by atoms with Crippen molar-refractivity contribution in [1.29, 1.82) is 0 Å². The van der Waals surface area contributed by atoms with Crippen molar-refractivity contribution in [3.63, 3.8) is 0 Å². The van der Waals surface area contributed by atoms with E-state index in [-0.39, 0.29) is 11.8 Å². The molecule has 0 radical (unpaired) electrons. The third kappa shape index (κ3) is 2.11. The fourth-order valence-corrected chi connectivity index (χ4v) is 2.88. The van der Waals surface area contributed by atoms with Crippen LogP contribution in [0.4, 0.5) is 5.69 Å². The second kappa shape index (κ2) is 4.88. The van der Waals surface area contributed by atoms with Gasteiger partial charge in [0.2, 0.25) is 5.91 Å². The monoisotopic (exact) mass is 265 g/mol. The minimum absolute atomic E-state index is 0.0663. The summed E-state index contributed by atoms with van der Waals surface area (Å²) in [4.78, 5) is 14.4. The molecule has 1 saturated heterocycles. The van der Waals surface area contributed by atoms with Crippen LogP contribution in [0.5, 0.6) is 0 Å². The van der Waals surface area contributed by atoms with E-state index in [1.807, 2.05) is 18.2 Å². The number of halogens is 1. The molecule has 18 heavy (non-hydrogen) atoms. The van der Waals surface area contributed by atoms with Gasteiger partial charge in [0.15, 0.2) is 0 Å². The molecule has 1 aromatic rings. The van der Waals surface area contributed by atoms with Gasteiger partial charge >= 0.3 is 0 Å². The van der Waals surface area contributed by atoms with Gasteiger partial charge in [-0.15, -0.1) is 0 Å². The van der Waals surface area contributed by atoms with Crippen LogP contribution in [0.15, 0.2) is 18.2 Å². The van der Waals surface area contributed by atoms with E-state index < -0.39 is 0 Å². The summed E-state index contributed by atoms with van der Waals surface area (Å²) < 4.78 is 0. The van der Waals surface area contributed by atoms with E-state index in [1.54, 1.807) is 0 Å². The molecule has 1 aromatic carbocycles. The molecule has 2 N–H and O–H groups in total. The summed E-state index contributed by atoms with van der Waals surface area (Å²) in [5, 5.41) is 6.84. The highest BCUT2D eigenvalue weighted by atomic mass is 35.5. The van der Waals surface area contributed by atoms with E-state index in [0.717, 1.165) is 44.0 Å². The molecule has 5 heteroatoms. The van der Waals surface area contributed by atoms with Crippen LogP contribution in [-0.4, -0.2) is 43.5 Å². The Bertz CT molecular complexity index is 471. The Morgan fingerprint density at radius 1 is 1.33 bits per heavy atom. The van der Waals surface area contributed by atoms with Crippen molar-refractivity contribution in [3.8, 4) is 0 Å². The van der Waals surface area contributed by atoms with Crippen LogP contribution in [0.25, 0.3) is 0 Å². The van der Waals surface area contributed by atoms with Crippen molar-refractivity contribution >= 4 is 23.2 Å². The third-order valence-electron chi connectivity index (χ3n) is 3.64. The fraction of sp³-hybridized carbons (Fsp3) is 0.462. The summed E-state index contributed by atoms with van der Waals surface area (Å²) >= 11 is 6.10. The normalized spacial score (nSPS) is 23.8. The number of carbonyl (C=O) groups excluding carboxylic acids is 1. The first-order valence-electron chi connectivity index (χ1n) is 6.28. The first-order chi connectivity index (χ1) is 8.75. The number of benzene rings is 1. The molecular weight excluding hydrogens is 250 g/mol. The van der Waals surface area contributed by atoms with Crippen LogP contribution >= 0.6 is 11.6 Å². The standard InChI is InChI=1S/C13H16ClN3O/c14-11-3-1-2-9-10(13(18)16-12(9)11)8-17-6-4-15-5-7-17/h1-3,10,15H,4-8H2,(H,16,18). The predicted octanol–water partition coefficient (Wildman–Crippen LogP) is 1.28. The van der Waals surface area contributed by atoms with E-state index >= 15 is 0 Å².